The predicted octanol–water partition coefficient (Wildman–Crippen LogP) is 2.55. The lowest BCUT2D eigenvalue weighted by Gasteiger charge is -2.49. The van der Waals surface area contributed by atoms with Crippen LogP contribution in [0.4, 0.5) is 11.4 Å². The van der Waals surface area contributed by atoms with E-state index < -0.39 is 54.8 Å². The van der Waals surface area contributed by atoms with Gasteiger partial charge in [0.1, 0.15) is 12.3 Å². The molecule has 4 amide bonds. The molecule has 2 spiro atoms. The Morgan fingerprint density at radius 2 is 1.02 bits per heavy atom. The Morgan fingerprint density at radius 3 is 1.43 bits per heavy atom. The number of likely N-dealkylation sites (N-methyl/N-ethyl adjacent to an activating group) is 2. The summed E-state index contributed by atoms with van der Waals surface area (Å²) >= 11 is 0. The highest BCUT2D eigenvalue weighted by atomic mass is 33.5. The van der Waals surface area contributed by atoms with Crippen LogP contribution in [0.25, 0.3) is 0 Å². The fourth-order valence-corrected chi connectivity index (χ4v) is 20.3. The lowest BCUT2D eigenvalue weighted by Crippen LogP contribution is -2.73. The Labute approximate surface area is 285 Å². The van der Waals surface area contributed by atoms with Crippen molar-refractivity contribution in [2.45, 2.75) is 55.9 Å². The van der Waals surface area contributed by atoms with Crippen LogP contribution in [-0.2, 0) is 30.0 Å². The second kappa shape index (κ2) is 8.56. The molecule has 0 saturated carbocycles. The van der Waals surface area contributed by atoms with E-state index in [9.17, 15) is 29.4 Å². The minimum atomic E-state index is -2.12. The summed E-state index contributed by atoms with van der Waals surface area (Å²) in [5, 5.41) is 26.5. The fraction of sp³-hybridized carbons (Fsp3) is 0.429. The molecule has 2 aromatic rings. The summed E-state index contributed by atoms with van der Waals surface area (Å²) in [5.41, 5.74) is 1.12. The van der Waals surface area contributed by atoms with Crippen LogP contribution in [0.3, 0.4) is 0 Å². The molecule has 18 heteroatoms. The third-order valence-electron chi connectivity index (χ3n) is 11.3. The van der Waals surface area contributed by atoms with E-state index in [1.165, 1.54) is 55.3 Å². The third kappa shape index (κ3) is 2.71. The zero-order chi connectivity index (χ0) is 31.8. The molecule has 12 nitrogen and oxygen atoms in total. The Bertz CT molecular complexity index is 1740. The maximum atomic E-state index is 14.6. The second-order valence-corrected chi connectivity index (χ2v) is 21.5. The van der Waals surface area contributed by atoms with Crippen LogP contribution in [0.5, 0.6) is 0 Å². The van der Waals surface area contributed by atoms with Gasteiger partial charge in [-0.3, -0.25) is 38.8 Å². The highest BCUT2D eigenvalue weighted by Gasteiger charge is 2.86. The average molecular weight is 733 g/mol. The van der Waals surface area contributed by atoms with Crippen molar-refractivity contribution >= 4 is 97.8 Å². The van der Waals surface area contributed by atoms with Crippen molar-refractivity contribution in [3.63, 3.8) is 0 Å². The number of benzene rings is 2. The number of hydrogen-bond acceptors (Lipinski definition) is 14. The molecule has 12 rings (SSSR count). The number of anilines is 2. The molecule has 4 bridgehead atoms. The first-order valence-electron chi connectivity index (χ1n) is 14.4. The van der Waals surface area contributed by atoms with Crippen LogP contribution in [0.15, 0.2) is 48.5 Å². The number of hydrogen-bond donors (Lipinski definition) is 4. The molecule has 0 aromatic heterocycles. The van der Waals surface area contributed by atoms with Crippen molar-refractivity contribution < 1.29 is 29.4 Å². The first-order chi connectivity index (χ1) is 21.9. The molecule has 10 aliphatic rings. The largest absolute Gasteiger partial charge is 0.364 e. The Hall–Kier alpha value is -2.06. The highest BCUT2D eigenvalue weighted by Crippen LogP contribution is 2.78. The van der Waals surface area contributed by atoms with E-state index in [0.717, 1.165) is 53.9 Å². The molecule has 0 radical (unpaired) electrons. The van der Waals surface area contributed by atoms with Crippen LogP contribution in [0.2, 0.25) is 0 Å². The van der Waals surface area contributed by atoms with Gasteiger partial charge < -0.3 is 20.8 Å². The van der Waals surface area contributed by atoms with E-state index in [1.54, 1.807) is 9.80 Å². The summed E-state index contributed by atoms with van der Waals surface area (Å²) in [6.45, 7) is 0. The summed E-state index contributed by atoms with van der Waals surface area (Å²) < 4.78 is 0. The standard InChI is InChI=1S/C28H24N6O6S6/c1-31-19(35)25-11-23(13-7-3-5-9-15(13)29-17(23)33(25)21(37)27(31,39)43-45-41-25)24-12-26-20(36)32(2)28(40,44-46-42-26)22(38)34(26)18(24)30-16-10-6-4-8-14(16)24/h3-10,17-18,29-30,39-40H,11-12H2,1-2H3. The molecule has 0 aliphatic carbocycles. The van der Waals surface area contributed by atoms with Gasteiger partial charge in [0.25, 0.3) is 33.7 Å². The van der Waals surface area contributed by atoms with E-state index in [4.69, 9.17) is 0 Å². The summed E-state index contributed by atoms with van der Waals surface area (Å²) in [6, 6.07) is 15.5. The molecule has 10 aliphatic heterocycles. The fourth-order valence-electron chi connectivity index (χ4n) is 9.37. The number of nitrogens with zero attached hydrogens (tertiary/aromatic N) is 4. The van der Waals surface area contributed by atoms with Crippen LogP contribution in [0, 0.1) is 0 Å². The average Bonchev–Trinajstić information content (AvgIpc) is 3.65. The third-order valence-corrected chi connectivity index (χ3v) is 20.8. The number of fused-ring (bicyclic) bond motifs is 13. The van der Waals surface area contributed by atoms with Crippen LogP contribution in [-0.4, -0.2) is 99.7 Å². The minimum Gasteiger partial charge on any atom is -0.364 e. The van der Waals surface area contributed by atoms with E-state index >= 15 is 0 Å². The SMILES string of the molecule is CN1C(=O)C23CC4(C56CC78SSSC(O)(C(=O)N7C5Nc5ccccc56)N(C)C8=O)c5ccccc5NC4N2C(=O)C1(O)SSS3. The number of amides is 4. The van der Waals surface area contributed by atoms with E-state index in [2.05, 4.69) is 10.6 Å². The summed E-state index contributed by atoms with van der Waals surface area (Å²) in [6.07, 6.45) is -1.33. The maximum absolute atomic E-state index is 14.6. The maximum Gasteiger partial charge on any atom is 0.291 e. The normalized spacial score (nSPS) is 44.3. The van der Waals surface area contributed by atoms with Gasteiger partial charge in [0.15, 0.2) is 9.74 Å². The topological polar surface area (TPSA) is 146 Å². The summed E-state index contributed by atoms with van der Waals surface area (Å²) in [4.78, 5) is 60.8. The lowest BCUT2D eigenvalue weighted by molar-refractivity contribution is -0.181. The smallest absolute Gasteiger partial charge is 0.291 e. The molecule has 46 heavy (non-hydrogen) atoms. The van der Waals surface area contributed by atoms with Gasteiger partial charge in [-0.1, -0.05) is 36.4 Å². The van der Waals surface area contributed by atoms with Gasteiger partial charge in [-0.25, -0.2) is 0 Å². The quantitative estimate of drug-likeness (QED) is 0.319. The lowest BCUT2D eigenvalue weighted by atomic mass is 9.54. The zero-order valence-corrected chi connectivity index (χ0v) is 28.9. The second-order valence-electron chi connectivity index (χ2n) is 12.8. The molecule has 8 saturated heterocycles. The van der Waals surface area contributed by atoms with Crippen molar-refractivity contribution in [2.75, 3.05) is 24.7 Å². The number of piperazine rings is 2. The van der Waals surface area contributed by atoms with Gasteiger partial charge in [-0.15, -0.1) is 0 Å². The number of carbonyl (C=O) groups excluding carboxylic acids is 4. The van der Waals surface area contributed by atoms with E-state index in [-0.39, 0.29) is 24.7 Å². The minimum absolute atomic E-state index is 0.156. The van der Waals surface area contributed by atoms with Gasteiger partial charge in [-0.2, -0.15) is 0 Å². The van der Waals surface area contributed by atoms with Gasteiger partial charge in [0.05, 0.1) is 10.8 Å². The van der Waals surface area contributed by atoms with Crippen LogP contribution >= 0.6 is 62.8 Å². The molecule has 4 N–H and O–H groups in total. The first-order valence-corrected chi connectivity index (χ1v) is 21.4. The molecule has 8 atom stereocenters. The van der Waals surface area contributed by atoms with E-state index in [0.29, 0.717) is 0 Å². The van der Waals surface area contributed by atoms with Crippen molar-refractivity contribution in [1.29, 1.82) is 0 Å². The molecule has 2 aromatic carbocycles. The van der Waals surface area contributed by atoms with Crippen molar-refractivity contribution in [2.24, 2.45) is 0 Å². The first kappa shape index (κ1) is 28.9. The van der Waals surface area contributed by atoms with Gasteiger partial charge >= 0.3 is 0 Å². The number of carbonyl (C=O) groups is 4. The van der Waals surface area contributed by atoms with Gasteiger partial charge in [0, 0.05) is 38.3 Å². The number of para-hydroxylation sites is 2. The monoisotopic (exact) mass is 732 g/mol. The molecule has 8 unspecified atom stereocenters. The van der Waals surface area contributed by atoms with Crippen molar-refractivity contribution in [3.05, 3.63) is 59.7 Å². The van der Waals surface area contributed by atoms with Crippen molar-refractivity contribution in [1.82, 2.24) is 19.6 Å². The van der Waals surface area contributed by atoms with Gasteiger partial charge in [-0.05, 0) is 86.1 Å². The number of rotatable bonds is 1. The molecule has 238 valence electrons. The predicted molar refractivity (Wildman–Crippen MR) is 180 cm³/mol. The van der Waals surface area contributed by atoms with Crippen LogP contribution < -0.4 is 10.6 Å². The summed E-state index contributed by atoms with van der Waals surface area (Å²) in [5.74, 6) is -1.95. The number of nitrogens with one attached hydrogen (secondary N) is 2. The molecule has 10 heterocycles. The molecule has 8 fully saturated rings. The Balaban J connectivity index is 1.31. The summed E-state index contributed by atoms with van der Waals surface area (Å²) in [7, 11) is 9.81. The molecular weight excluding hydrogens is 709 g/mol. The van der Waals surface area contributed by atoms with Crippen LogP contribution in [0.1, 0.15) is 24.0 Å². The zero-order valence-electron chi connectivity index (χ0n) is 24.0. The van der Waals surface area contributed by atoms with Crippen molar-refractivity contribution in [3.8, 4) is 0 Å². The molecular formula is C28H24N6O6S6. The Morgan fingerprint density at radius 1 is 0.630 bits per heavy atom. The van der Waals surface area contributed by atoms with Gasteiger partial charge in [0.2, 0.25) is 0 Å². The Kier molecular flexibility index (Phi) is 5.38. The number of aliphatic hydroxyl groups is 2. The highest BCUT2D eigenvalue weighted by molar-refractivity contribution is 9.10. The van der Waals surface area contributed by atoms with E-state index in [1.807, 2.05) is 48.5 Å².